The molecule has 0 unspecified atom stereocenters. The van der Waals surface area contributed by atoms with Crippen LogP contribution >= 0.6 is 59.1 Å². The fraction of sp³-hybridized carbons (Fsp3) is 0.0909. The molecule has 1 aromatic heterocycles. The second-order valence-electron chi connectivity index (χ2n) is 3.05. The van der Waals surface area contributed by atoms with E-state index in [9.17, 15) is 0 Å². The number of benzene rings is 1. The van der Waals surface area contributed by atoms with Gasteiger partial charge in [0.05, 0.1) is 3.39 Å². The van der Waals surface area contributed by atoms with Crippen molar-refractivity contribution in [2.24, 2.45) is 0 Å². The van der Waals surface area contributed by atoms with Crippen LogP contribution in [-0.4, -0.2) is 0 Å². The zero-order valence-corrected chi connectivity index (χ0v) is 13.2. The lowest BCUT2D eigenvalue weighted by atomic mass is 10.1. The van der Waals surface area contributed by atoms with Gasteiger partial charge >= 0.3 is 0 Å². The molecule has 0 aliphatic rings. The molecule has 1 heterocycles. The molecule has 0 aliphatic carbocycles. The van der Waals surface area contributed by atoms with Crippen LogP contribution in [0.2, 0.25) is 0 Å². The summed E-state index contributed by atoms with van der Waals surface area (Å²) in [5.41, 5.74) is 2.60. The Labute approximate surface area is 118 Å². The first-order chi connectivity index (χ1) is 7.22. The largest absolute Gasteiger partial charge is 0.143 e. The molecule has 0 spiro atoms. The highest BCUT2D eigenvalue weighted by atomic mass is 79.9. The standard InChI is InChI=1S/C11H7Br3S/c12-5-7-2-1-3-9-8(4-10(13)14)6-15-11(7)9/h1-4,6H,5H2. The number of halogens is 3. The zero-order chi connectivity index (χ0) is 10.8. The fourth-order valence-electron chi connectivity index (χ4n) is 1.47. The highest BCUT2D eigenvalue weighted by Crippen LogP contribution is 2.32. The molecule has 1 aromatic carbocycles. The summed E-state index contributed by atoms with van der Waals surface area (Å²) in [7, 11) is 0. The van der Waals surface area contributed by atoms with Crippen LogP contribution in [0.3, 0.4) is 0 Å². The molecule has 2 aromatic rings. The topological polar surface area (TPSA) is 0 Å². The average molecular weight is 411 g/mol. The highest BCUT2D eigenvalue weighted by molar-refractivity contribution is 9.28. The minimum absolute atomic E-state index is 0.906. The van der Waals surface area contributed by atoms with Gasteiger partial charge in [0.2, 0.25) is 0 Å². The van der Waals surface area contributed by atoms with Crippen molar-refractivity contribution in [3.8, 4) is 0 Å². The number of thiophene rings is 1. The van der Waals surface area contributed by atoms with Gasteiger partial charge in [-0.05, 0) is 54.4 Å². The minimum Gasteiger partial charge on any atom is -0.143 e. The minimum atomic E-state index is 0.906. The summed E-state index contributed by atoms with van der Waals surface area (Å²) in [6.07, 6.45) is 2.08. The quantitative estimate of drug-likeness (QED) is 0.542. The van der Waals surface area contributed by atoms with Crippen LogP contribution in [0.5, 0.6) is 0 Å². The van der Waals surface area contributed by atoms with Crippen LogP contribution < -0.4 is 0 Å². The third kappa shape index (κ3) is 2.54. The molecule has 0 aliphatic heterocycles. The summed E-state index contributed by atoms with van der Waals surface area (Å²) in [6, 6.07) is 6.42. The Kier molecular flexibility index (Phi) is 4.04. The molecule has 0 atom stereocenters. The molecule has 0 bridgehead atoms. The second-order valence-corrected chi connectivity index (χ2v) is 7.27. The van der Waals surface area contributed by atoms with Gasteiger partial charge in [-0.1, -0.05) is 34.1 Å². The lowest BCUT2D eigenvalue weighted by Gasteiger charge is -1.97. The molecule has 0 radical (unpaired) electrons. The highest BCUT2D eigenvalue weighted by Gasteiger charge is 2.05. The molecular formula is C11H7Br3S. The van der Waals surface area contributed by atoms with Gasteiger partial charge in [-0.2, -0.15) is 0 Å². The summed E-state index contributed by atoms with van der Waals surface area (Å²) >= 11 is 12.1. The molecule has 0 nitrogen and oxygen atoms in total. The van der Waals surface area contributed by atoms with E-state index in [4.69, 9.17) is 0 Å². The summed E-state index contributed by atoms with van der Waals surface area (Å²) in [5.74, 6) is 0. The predicted molar refractivity (Wildman–Crippen MR) is 80.3 cm³/mol. The number of alkyl halides is 1. The van der Waals surface area contributed by atoms with E-state index in [0.29, 0.717) is 0 Å². The summed E-state index contributed by atoms with van der Waals surface area (Å²) < 4.78 is 2.33. The van der Waals surface area contributed by atoms with E-state index < -0.39 is 0 Å². The second kappa shape index (κ2) is 5.13. The van der Waals surface area contributed by atoms with Crippen LogP contribution in [0.4, 0.5) is 0 Å². The number of rotatable bonds is 2. The Bertz CT molecular complexity index is 510. The molecule has 15 heavy (non-hydrogen) atoms. The molecule has 78 valence electrons. The number of hydrogen-bond acceptors (Lipinski definition) is 1. The smallest absolute Gasteiger partial charge is 0.0610 e. The van der Waals surface area contributed by atoms with Gasteiger partial charge < -0.3 is 0 Å². The van der Waals surface area contributed by atoms with Crippen LogP contribution in [0.1, 0.15) is 11.1 Å². The number of fused-ring (bicyclic) bond motifs is 1. The normalized spacial score (nSPS) is 10.6. The Morgan fingerprint density at radius 3 is 2.80 bits per heavy atom. The summed E-state index contributed by atoms with van der Waals surface area (Å²) in [6.45, 7) is 0. The Balaban J connectivity index is 2.66. The molecule has 0 N–H and O–H groups in total. The summed E-state index contributed by atoms with van der Waals surface area (Å²) in [4.78, 5) is 0. The van der Waals surface area contributed by atoms with E-state index in [1.54, 1.807) is 11.3 Å². The van der Waals surface area contributed by atoms with Crippen molar-refractivity contribution in [1.29, 1.82) is 0 Å². The van der Waals surface area contributed by atoms with Gasteiger partial charge in [0.15, 0.2) is 0 Å². The maximum Gasteiger partial charge on any atom is 0.0610 e. The van der Waals surface area contributed by atoms with Crippen molar-refractivity contribution in [2.45, 2.75) is 5.33 Å². The van der Waals surface area contributed by atoms with Crippen LogP contribution in [0.25, 0.3) is 16.2 Å². The van der Waals surface area contributed by atoms with Gasteiger partial charge in [0, 0.05) is 15.4 Å². The summed E-state index contributed by atoms with van der Waals surface area (Å²) in [5, 5.41) is 4.40. The predicted octanol–water partition coefficient (Wildman–Crippen LogP) is 5.88. The van der Waals surface area contributed by atoms with E-state index in [0.717, 1.165) is 8.72 Å². The van der Waals surface area contributed by atoms with Gasteiger partial charge in [0.1, 0.15) is 0 Å². The molecule has 2 rings (SSSR count). The molecule has 4 heteroatoms. The van der Waals surface area contributed by atoms with E-state index in [-0.39, 0.29) is 0 Å². The molecule has 0 amide bonds. The Morgan fingerprint density at radius 2 is 2.13 bits per heavy atom. The first-order valence-corrected chi connectivity index (χ1v) is 7.89. The lowest BCUT2D eigenvalue weighted by Crippen LogP contribution is -1.76. The maximum atomic E-state index is 3.51. The fourth-order valence-corrected chi connectivity index (χ4v) is 3.66. The Hall–Kier alpha value is 0.360. The lowest BCUT2D eigenvalue weighted by molar-refractivity contribution is 1.51. The van der Waals surface area contributed by atoms with Crippen LogP contribution in [-0.2, 0) is 5.33 Å². The van der Waals surface area contributed by atoms with Gasteiger partial charge in [-0.15, -0.1) is 11.3 Å². The molecule has 0 fully saturated rings. The van der Waals surface area contributed by atoms with Gasteiger partial charge in [-0.25, -0.2) is 0 Å². The first kappa shape index (κ1) is 11.8. The third-order valence-corrected chi connectivity index (χ3v) is 4.27. The molecular weight excluding hydrogens is 404 g/mol. The van der Waals surface area contributed by atoms with Crippen molar-refractivity contribution in [3.05, 3.63) is 38.1 Å². The van der Waals surface area contributed by atoms with Crippen molar-refractivity contribution >= 4 is 75.3 Å². The Morgan fingerprint density at radius 1 is 1.33 bits per heavy atom. The van der Waals surface area contributed by atoms with Gasteiger partial charge in [0.25, 0.3) is 0 Å². The third-order valence-electron chi connectivity index (χ3n) is 2.12. The zero-order valence-electron chi connectivity index (χ0n) is 7.64. The first-order valence-electron chi connectivity index (χ1n) is 4.30. The molecule has 0 saturated heterocycles. The van der Waals surface area contributed by atoms with Crippen LogP contribution in [0, 0.1) is 0 Å². The van der Waals surface area contributed by atoms with Crippen molar-refractivity contribution in [3.63, 3.8) is 0 Å². The van der Waals surface area contributed by atoms with Gasteiger partial charge in [-0.3, -0.25) is 0 Å². The average Bonchev–Trinajstić information content (AvgIpc) is 2.61. The van der Waals surface area contributed by atoms with Crippen molar-refractivity contribution < 1.29 is 0 Å². The monoisotopic (exact) mass is 408 g/mol. The van der Waals surface area contributed by atoms with E-state index in [1.165, 1.54) is 21.2 Å². The SMILES string of the molecule is BrCc1cccc2c(C=C(Br)Br)csc12. The number of hydrogen-bond donors (Lipinski definition) is 0. The van der Waals surface area contributed by atoms with Crippen molar-refractivity contribution in [1.82, 2.24) is 0 Å². The van der Waals surface area contributed by atoms with E-state index >= 15 is 0 Å². The van der Waals surface area contributed by atoms with Crippen LogP contribution in [0.15, 0.2) is 27.0 Å². The van der Waals surface area contributed by atoms with Crippen molar-refractivity contribution in [2.75, 3.05) is 0 Å². The van der Waals surface area contributed by atoms with E-state index in [2.05, 4.69) is 77.4 Å². The van der Waals surface area contributed by atoms with E-state index in [1.807, 2.05) is 0 Å². The molecule has 0 saturated carbocycles. The maximum absolute atomic E-state index is 3.51.